The number of benzene rings is 5. The molecule has 51 heavy (non-hydrogen) atoms. The Morgan fingerprint density at radius 2 is 1.29 bits per heavy atom. The first kappa shape index (κ1) is 36.7. The van der Waals surface area contributed by atoms with Crippen molar-refractivity contribution in [3.63, 3.8) is 0 Å². The molecular formula is C34H26BrF4N3O7P2. The molecule has 0 amide bonds. The number of para-hydroxylation sites is 1. The van der Waals surface area contributed by atoms with Crippen LogP contribution in [0.1, 0.15) is 32.6 Å². The van der Waals surface area contributed by atoms with Crippen LogP contribution >= 0.6 is 31.1 Å². The Balaban J connectivity index is 1.56. The van der Waals surface area contributed by atoms with E-state index in [1.165, 1.54) is 28.9 Å². The van der Waals surface area contributed by atoms with Crippen molar-refractivity contribution in [3.05, 3.63) is 141 Å². The zero-order valence-corrected chi connectivity index (χ0v) is 29.3. The Bertz CT molecular complexity index is 2390. The monoisotopic (exact) mass is 805 g/mol. The summed E-state index contributed by atoms with van der Waals surface area (Å²) >= 11 is 3.00. The molecule has 6 aromatic rings. The fourth-order valence-corrected chi connectivity index (χ4v) is 7.74. The number of nitrogens with zero attached hydrogens (tertiary/aromatic N) is 3. The van der Waals surface area contributed by atoms with E-state index in [0.717, 1.165) is 18.2 Å². The highest BCUT2D eigenvalue weighted by molar-refractivity contribution is 9.10. The lowest BCUT2D eigenvalue weighted by Gasteiger charge is -2.34. The minimum absolute atomic E-state index is 0.173. The lowest BCUT2D eigenvalue weighted by molar-refractivity contribution is 0.0558. The molecule has 264 valence electrons. The van der Waals surface area contributed by atoms with Gasteiger partial charge in [0.05, 0.1) is 5.52 Å². The summed E-state index contributed by atoms with van der Waals surface area (Å²) in [7, 11) is -11.8. The number of ketones is 1. The fraction of sp³-hybridized carbons (Fsp3) is 0.147. The van der Waals surface area contributed by atoms with Crippen molar-refractivity contribution in [1.29, 1.82) is 0 Å². The van der Waals surface area contributed by atoms with Gasteiger partial charge >= 0.3 is 26.5 Å². The molecule has 0 saturated carbocycles. The predicted octanol–water partition coefficient (Wildman–Crippen LogP) is 7.86. The molecule has 1 aromatic heterocycles. The summed E-state index contributed by atoms with van der Waals surface area (Å²) in [6.45, 7) is 0. The summed E-state index contributed by atoms with van der Waals surface area (Å²) in [5, 5.41) is 9.23. The third-order valence-electron chi connectivity index (χ3n) is 8.56. The summed E-state index contributed by atoms with van der Waals surface area (Å²) in [4.78, 5) is 52.2. The van der Waals surface area contributed by atoms with Crippen LogP contribution in [-0.2, 0) is 38.8 Å². The minimum Gasteiger partial charge on any atom is -0.320 e. The molecule has 0 fully saturated rings. The van der Waals surface area contributed by atoms with Gasteiger partial charge in [-0.1, -0.05) is 106 Å². The molecule has 0 bridgehead atoms. The topological polar surface area (TPSA) is 163 Å². The van der Waals surface area contributed by atoms with Gasteiger partial charge in [-0.2, -0.15) is 17.6 Å². The van der Waals surface area contributed by atoms with E-state index in [-0.39, 0.29) is 28.3 Å². The number of rotatable bonds is 11. The maximum atomic E-state index is 14.9. The Labute approximate surface area is 295 Å². The van der Waals surface area contributed by atoms with Gasteiger partial charge in [0.2, 0.25) is 0 Å². The maximum Gasteiger partial charge on any atom is 0.399 e. The molecule has 10 nitrogen and oxygen atoms in total. The first-order valence-corrected chi connectivity index (χ1v) is 19.0. The van der Waals surface area contributed by atoms with E-state index in [4.69, 9.17) is 0 Å². The van der Waals surface area contributed by atoms with Gasteiger partial charge in [0.1, 0.15) is 11.1 Å². The third-order valence-corrected chi connectivity index (χ3v) is 11.2. The highest BCUT2D eigenvalue weighted by Gasteiger charge is 2.52. The number of Topliss-reactive ketones (excluding diaryl/α,β-unsaturated/α-hetero) is 1. The van der Waals surface area contributed by atoms with Crippen LogP contribution < -0.4 is 0 Å². The molecule has 4 N–H and O–H groups in total. The van der Waals surface area contributed by atoms with E-state index >= 15 is 0 Å². The Hall–Kier alpha value is -4.07. The van der Waals surface area contributed by atoms with E-state index in [1.54, 1.807) is 66.7 Å². The summed E-state index contributed by atoms with van der Waals surface area (Å²) in [6.07, 6.45) is -0.388. The van der Waals surface area contributed by atoms with Gasteiger partial charge in [0.15, 0.2) is 5.78 Å². The van der Waals surface area contributed by atoms with E-state index in [2.05, 4.69) is 26.2 Å². The van der Waals surface area contributed by atoms with Crippen molar-refractivity contribution in [1.82, 2.24) is 15.0 Å². The first-order valence-electron chi connectivity index (χ1n) is 14.9. The average molecular weight is 806 g/mol. The number of halogens is 5. The maximum absolute atomic E-state index is 14.9. The first-order chi connectivity index (χ1) is 23.8. The average Bonchev–Trinajstić information content (AvgIpc) is 3.52. The molecule has 5 aromatic carbocycles. The van der Waals surface area contributed by atoms with E-state index in [1.807, 2.05) is 0 Å². The molecular weight excluding hydrogens is 780 g/mol. The smallest absolute Gasteiger partial charge is 0.320 e. The van der Waals surface area contributed by atoms with Gasteiger partial charge < -0.3 is 19.6 Å². The van der Waals surface area contributed by atoms with Crippen LogP contribution in [0.4, 0.5) is 17.6 Å². The third kappa shape index (κ3) is 6.71. The Morgan fingerprint density at radius 1 is 0.706 bits per heavy atom. The zero-order chi connectivity index (χ0) is 37.0. The normalized spacial score (nSPS) is 14.1. The largest absolute Gasteiger partial charge is 0.399 e. The SMILES string of the molecule is O=C(c1ccccc1)C(Cc1ccc(C(F)(F)P(=O)(O)O)cc1)(Cc1ccc2cc(Br)c(C(F)(F)P(=O)(O)O)cc2c1)n1nnc2ccccc21. The highest BCUT2D eigenvalue weighted by atomic mass is 79.9. The lowest BCUT2D eigenvalue weighted by atomic mass is 9.78. The standard InChI is InChI=1S/C34H26BrF4N3O7P2/c35-28-18-24-13-10-22(16-25(24)17-27(28)34(38,39)51(47,48)49)20-32(31(43)23-6-2-1-3-7-23,42-30-9-5-4-8-29(30)40-41-42)19-21-11-14-26(15-12-21)33(36,37)50(44,45)46/h1-18H,19-20H2,(H2,44,45,46)(H2,47,48,49). The molecule has 0 aliphatic carbocycles. The van der Waals surface area contributed by atoms with Crippen molar-refractivity contribution in [2.75, 3.05) is 0 Å². The van der Waals surface area contributed by atoms with E-state index in [0.29, 0.717) is 27.5 Å². The Morgan fingerprint density at radius 3 is 1.94 bits per heavy atom. The van der Waals surface area contributed by atoms with Crippen LogP contribution in [0.3, 0.4) is 0 Å². The van der Waals surface area contributed by atoms with Crippen LogP contribution in [0.25, 0.3) is 21.8 Å². The fourth-order valence-electron chi connectivity index (χ4n) is 6.00. The zero-order valence-electron chi connectivity index (χ0n) is 25.9. The van der Waals surface area contributed by atoms with E-state index in [9.17, 15) is 51.1 Å². The summed E-state index contributed by atoms with van der Waals surface area (Å²) in [5.74, 6) is -0.479. The molecule has 0 spiro atoms. The van der Waals surface area contributed by atoms with Crippen molar-refractivity contribution >= 4 is 58.7 Å². The molecule has 0 aliphatic rings. The molecule has 1 unspecified atom stereocenters. The van der Waals surface area contributed by atoms with Crippen LogP contribution in [0.5, 0.6) is 0 Å². The van der Waals surface area contributed by atoms with Crippen molar-refractivity contribution in [2.24, 2.45) is 0 Å². The Kier molecular flexibility index (Phi) is 9.47. The predicted molar refractivity (Wildman–Crippen MR) is 184 cm³/mol. The van der Waals surface area contributed by atoms with Gasteiger partial charge in [0.25, 0.3) is 0 Å². The number of carbonyl (C=O) groups excluding carboxylic acids is 1. The number of alkyl halides is 4. The molecule has 6 rings (SSSR count). The van der Waals surface area contributed by atoms with Crippen LogP contribution in [0.15, 0.2) is 114 Å². The summed E-state index contributed by atoms with van der Waals surface area (Å²) < 4.78 is 83.4. The molecule has 1 heterocycles. The highest BCUT2D eigenvalue weighted by Crippen LogP contribution is 2.61. The number of fused-ring (bicyclic) bond motifs is 2. The summed E-state index contributed by atoms with van der Waals surface area (Å²) in [5.41, 5.74) is -10.8. The minimum atomic E-state index is -5.92. The molecule has 17 heteroatoms. The molecule has 0 radical (unpaired) electrons. The second kappa shape index (κ2) is 13.2. The van der Waals surface area contributed by atoms with Crippen LogP contribution in [-0.4, -0.2) is 40.4 Å². The quantitative estimate of drug-likeness (QED) is 0.0580. The number of hydrogen-bond donors (Lipinski definition) is 4. The van der Waals surface area contributed by atoms with Crippen LogP contribution in [0.2, 0.25) is 0 Å². The van der Waals surface area contributed by atoms with Gasteiger partial charge in [-0.05, 0) is 46.2 Å². The van der Waals surface area contributed by atoms with Gasteiger partial charge in [-0.25, -0.2) is 4.68 Å². The van der Waals surface area contributed by atoms with Gasteiger partial charge in [-0.3, -0.25) is 13.9 Å². The number of hydrogen-bond acceptors (Lipinski definition) is 5. The molecule has 0 saturated heterocycles. The van der Waals surface area contributed by atoms with Gasteiger partial charge in [-0.15, -0.1) is 5.10 Å². The second-order valence-corrected chi connectivity index (χ2v) is 16.1. The lowest BCUT2D eigenvalue weighted by Crippen LogP contribution is -2.47. The number of aromatic nitrogens is 3. The van der Waals surface area contributed by atoms with E-state index < -0.39 is 49.0 Å². The summed E-state index contributed by atoms with van der Waals surface area (Å²) in [6, 6.07) is 26.1. The molecule has 1 atom stereocenters. The molecule has 0 aliphatic heterocycles. The van der Waals surface area contributed by atoms with Gasteiger partial charge in [0, 0.05) is 34.0 Å². The van der Waals surface area contributed by atoms with Crippen molar-refractivity contribution in [3.8, 4) is 0 Å². The van der Waals surface area contributed by atoms with Crippen LogP contribution in [0, 0.1) is 0 Å². The van der Waals surface area contributed by atoms with Crippen molar-refractivity contribution < 1.29 is 51.1 Å². The second-order valence-electron chi connectivity index (χ2n) is 12.0. The number of carbonyl (C=O) groups is 1. The van der Waals surface area contributed by atoms with Crippen molar-refractivity contribution in [2.45, 2.75) is 29.7 Å².